The molecule has 4 nitrogen and oxygen atoms in total. The maximum absolute atomic E-state index is 12.2. The van der Waals surface area contributed by atoms with Gasteiger partial charge in [0.05, 0.1) is 18.3 Å². The highest BCUT2D eigenvalue weighted by atomic mass is 16.5. The summed E-state index contributed by atoms with van der Waals surface area (Å²) in [6.45, 7) is 7.12. The second kappa shape index (κ2) is 6.16. The predicted octanol–water partition coefficient (Wildman–Crippen LogP) is 4.36. The van der Waals surface area contributed by atoms with Crippen LogP contribution in [-0.4, -0.2) is 53.2 Å². The molecule has 0 bridgehead atoms. The first kappa shape index (κ1) is 20.5. The third-order valence-electron chi connectivity index (χ3n) is 13.2. The summed E-state index contributed by atoms with van der Waals surface area (Å²) in [6, 6.07) is 0.549. The van der Waals surface area contributed by atoms with Gasteiger partial charge in [-0.25, -0.2) is 0 Å². The molecule has 2 saturated heterocycles. The Morgan fingerprint density at radius 1 is 1.15 bits per heavy atom. The van der Waals surface area contributed by atoms with Gasteiger partial charge in [0.15, 0.2) is 5.78 Å². The van der Waals surface area contributed by atoms with Gasteiger partial charge in [-0.15, -0.1) is 0 Å². The number of carbonyl (C=O) groups is 1. The van der Waals surface area contributed by atoms with Gasteiger partial charge < -0.3 is 9.84 Å². The number of carbonyl (C=O) groups excluding carboxylic acids is 1. The number of piperidine rings is 1. The van der Waals surface area contributed by atoms with Gasteiger partial charge in [0.25, 0.3) is 0 Å². The van der Waals surface area contributed by atoms with E-state index in [2.05, 4.69) is 24.8 Å². The van der Waals surface area contributed by atoms with Crippen molar-refractivity contribution in [2.45, 2.75) is 95.8 Å². The first-order chi connectivity index (χ1) is 15.9. The van der Waals surface area contributed by atoms with E-state index in [1.54, 1.807) is 0 Å². The Kier molecular flexibility index (Phi) is 3.82. The third-order valence-corrected chi connectivity index (χ3v) is 13.2. The summed E-state index contributed by atoms with van der Waals surface area (Å²) < 4.78 is 7.27. The highest BCUT2D eigenvalue weighted by Gasteiger charge is 2.91. The van der Waals surface area contributed by atoms with E-state index in [9.17, 15) is 9.90 Å². The number of ether oxygens (including phenoxy) is 1. The Morgan fingerprint density at radius 2 is 2.03 bits per heavy atom. The van der Waals surface area contributed by atoms with E-state index in [1.807, 2.05) is 0 Å². The van der Waals surface area contributed by atoms with Crippen LogP contribution in [-0.2, 0) is 9.53 Å². The number of allylic oxidation sites excluding steroid dienone is 2. The van der Waals surface area contributed by atoms with Gasteiger partial charge in [0, 0.05) is 36.9 Å². The Labute approximate surface area is 198 Å². The number of ketones is 1. The lowest BCUT2D eigenvalue weighted by Gasteiger charge is -2.60. The number of β-amino-alcohol motifs (C(OH)–C–C–N with tert-alkyl or cyclic N) is 1. The fourth-order valence-electron chi connectivity index (χ4n) is 12.2. The minimum atomic E-state index is 0.145. The summed E-state index contributed by atoms with van der Waals surface area (Å²) in [5.74, 6) is 4.32. The summed E-state index contributed by atoms with van der Waals surface area (Å²) in [5.41, 5.74) is 2.93. The Bertz CT molecular complexity index is 961. The molecule has 2 heterocycles. The quantitative estimate of drug-likeness (QED) is 0.678. The molecule has 6 aliphatic carbocycles. The molecule has 4 heteroatoms. The number of hydrogen-bond acceptors (Lipinski definition) is 4. The fraction of sp³-hybridized carbons (Fsp3) is 0.897. The zero-order chi connectivity index (χ0) is 22.4. The molecule has 0 aromatic heterocycles. The average Bonchev–Trinajstić information content (AvgIpc) is 3.25. The smallest absolute Gasteiger partial charge is 0.155 e. The van der Waals surface area contributed by atoms with E-state index in [0.29, 0.717) is 40.6 Å². The molecule has 8 rings (SSSR count). The topological polar surface area (TPSA) is 49.8 Å². The van der Waals surface area contributed by atoms with Crippen LogP contribution in [0.2, 0.25) is 0 Å². The number of fused-ring (bicyclic) bond motifs is 6. The first-order valence-corrected chi connectivity index (χ1v) is 14.1. The predicted molar refractivity (Wildman–Crippen MR) is 125 cm³/mol. The van der Waals surface area contributed by atoms with Crippen LogP contribution in [0, 0.1) is 45.8 Å². The Hall–Kier alpha value is -0.710. The lowest BCUT2D eigenvalue weighted by atomic mass is 9.47. The first-order valence-electron chi connectivity index (χ1n) is 14.1. The van der Waals surface area contributed by atoms with Crippen molar-refractivity contribution >= 4 is 5.78 Å². The van der Waals surface area contributed by atoms with Crippen LogP contribution in [0.25, 0.3) is 0 Å². The van der Waals surface area contributed by atoms with Crippen molar-refractivity contribution in [3.05, 3.63) is 11.6 Å². The van der Waals surface area contributed by atoms with Crippen LogP contribution >= 0.6 is 0 Å². The molecule has 3 spiro atoms. The molecule has 0 amide bonds. The molecule has 5 saturated carbocycles. The second-order valence-electron chi connectivity index (χ2n) is 14.0. The molecule has 0 aromatic rings. The van der Waals surface area contributed by atoms with Gasteiger partial charge in [-0.3, -0.25) is 9.69 Å². The van der Waals surface area contributed by atoms with E-state index in [1.165, 1.54) is 56.9 Å². The summed E-state index contributed by atoms with van der Waals surface area (Å²) >= 11 is 0. The molecule has 2 aliphatic heterocycles. The monoisotopic (exact) mass is 451 g/mol. The number of rotatable bonds is 2. The maximum atomic E-state index is 12.2. The molecule has 0 aromatic carbocycles. The Balaban J connectivity index is 1.13. The van der Waals surface area contributed by atoms with Gasteiger partial charge in [-0.05, 0) is 98.4 Å². The molecule has 180 valence electrons. The van der Waals surface area contributed by atoms with E-state index in [0.717, 1.165) is 43.7 Å². The number of likely N-dealkylation sites (tertiary alicyclic amines) is 1. The van der Waals surface area contributed by atoms with Gasteiger partial charge in [0.1, 0.15) is 0 Å². The molecule has 33 heavy (non-hydrogen) atoms. The van der Waals surface area contributed by atoms with Crippen LogP contribution in [0.3, 0.4) is 0 Å². The van der Waals surface area contributed by atoms with Crippen LogP contribution in [0.15, 0.2) is 11.6 Å². The lowest BCUT2D eigenvalue weighted by molar-refractivity contribution is -0.211. The SMILES string of the molecule is C[C@H]1C[C@H]2OC34CC[C@H]5[C@@H]6CCC7=CC(=O)CCC7(C)[C@H]6CC56CC63C[C@@H]4[C@@H]2N(CCO)C1. The fourth-order valence-corrected chi connectivity index (χ4v) is 12.2. The van der Waals surface area contributed by atoms with Crippen molar-refractivity contribution in [3.8, 4) is 0 Å². The van der Waals surface area contributed by atoms with E-state index in [4.69, 9.17) is 4.74 Å². The second-order valence-corrected chi connectivity index (χ2v) is 14.0. The van der Waals surface area contributed by atoms with Crippen molar-refractivity contribution in [1.82, 2.24) is 4.90 Å². The van der Waals surface area contributed by atoms with Gasteiger partial charge >= 0.3 is 0 Å². The number of hydrogen-bond donors (Lipinski definition) is 1. The molecule has 8 aliphatic rings. The molecule has 4 unspecified atom stereocenters. The summed E-state index contributed by atoms with van der Waals surface area (Å²) in [6.07, 6.45) is 14.9. The van der Waals surface area contributed by atoms with Crippen molar-refractivity contribution in [2.75, 3.05) is 19.7 Å². The van der Waals surface area contributed by atoms with Crippen molar-refractivity contribution in [1.29, 1.82) is 0 Å². The van der Waals surface area contributed by atoms with Crippen LogP contribution in [0.4, 0.5) is 0 Å². The minimum Gasteiger partial charge on any atom is -0.395 e. The third kappa shape index (κ3) is 2.13. The zero-order valence-corrected chi connectivity index (χ0v) is 20.5. The number of nitrogens with zero attached hydrogens (tertiary/aromatic N) is 1. The summed E-state index contributed by atoms with van der Waals surface area (Å²) in [5, 5.41) is 9.75. The summed E-state index contributed by atoms with van der Waals surface area (Å²) in [4.78, 5) is 14.8. The van der Waals surface area contributed by atoms with Crippen LogP contribution in [0.1, 0.15) is 78.1 Å². The van der Waals surface area contributed by atoms with Crippen molar-refractivity contribution < 1.29 is 14.6 Å². The highest BCUT2D eigenvalue weighted by Crippen LogP contribution is 2.93. The van der Waals surface area contributed by atoms with E-state index in [-0.39, 0.29) is 17.6 Å². The van der Waals surface area contributed by atoms with Crippen molar-refractivity contribution in [2.24, 2.45) is 45.8 Å². The summed E-state index contributed by atoms with van der Waals surface area (Å²) in [7, 11) is 0. The van der Waals surface area contributed by atoms with E-state index < -0.39 is 0 Å². The zero-order valence-electron chi connectivity index (χ0n) is 20.5. The molecule has 7 fully saturated rings. The highest BCUT2D eigenvalue weighted by molar-refractivity contribution is 5.91. The van der Waals surface area contributed by atoms with E-state index >= 15 is 0 Å². The molecule has 1 N–H and O–H groups in total. The normalized spacial score (nSPS) is 60.3. The van der Waals surface area contributed by atoms with Gasteiger partial charge in [-0.2, -0.15) is 0 Å². The van der Waals surface area contributed by atoms with Crippen molar-refractivity contribution in [3.63, 3.8) is 0 Å². The molecule has 11 atom stereocenters. The van der Waals surface area contributed by atoms with Gasteiger partial charge in [0.2, 0.25) is 0 Å². The number of aliphatic hydroxyl groups is 1. The average molecular weight is 452 g/mol. The van der Waals surface area contributed by atoms with Gasteiger partial charge in [-0.1, -0.05) is 19.4 Å². The standard InChI is InChI=1S/C29H41NO3/c1-17-11-24-25(30(15-17)9-10-31)23-14-28-16-27(28)13-22-20(21(27)6-8-29(23,28)33-24)4-3-18-12-19(32)5-7-26(18,22)2/h12,17,20-25,31H,3-11,13-16H2,1-2H3/t17-,20-,21-,22-,23+,24+,25-,26?,27?,28?,29?/m0/s1. The van der Waals surface area contributed by atoms with Crippen LogP contribution in [0.5, 0.6) is 0 Å². The van der Waals surface area contributed by atoms with Crippen LogP contribution < -0.4 is 0 Å². The molecule has 0 radical (unpaired) electrons. The Morgan fingerprint density at radius 3 is 2.88 bits per heavy atom. The molecular weight excluding hydrogens is 410 g/mol. The molecular formula is C29H41NO3. The largest absolute Gasteiger partial charge is 0.395 e. The minimum absolute atomic E-state index is 0.145. The lowest BCUT2D eigenvalue weighted by Crippen LogP contribution is -2.64. The number of aliphatic hydroxyl groups excluding tert-OH is 1. The maximum Gasteiger partial charge on any atom is 0.155 e.